The lowest BCUT2D eigenvalue weighted by molar-refractivity contribution is 0.353. The second kappa shape index (κ2) is 8.05. The average Bonchev–Trinajstić information content (AvgIpc) is 3.22. The van der Waals surface area contributed by atoms with Crippen LogP contribution in [0.4, 0.5) is 0 Å². The number of methoxy groups -OCH3 is 2. The molecule has 0 bridgehead atoms. The summed E-state index contributed by atoms with van der Waals surface area (Å²) in [4.78, 5) is 8.38. The minimum absolute atomic E-state index is 0.227. The van der Waals surface area contributed by atoms with Crippen LogP contribution in [0, 0.1) is 6.92 Å². The van der Waals surface area contributed by atoms with Gasteiger partial charge in [0.1, 0.15) is 5.69 Å². The molecule has 0 radical (unpaired) electrons. The lowest BCUT2D eigenvalue weighted by atomic mass is 10.1. The monoisotopic (exact) mass is 388 g/mol. The van der Waals surface area contributed by atoms with E-state index in [0.29, 0.717) is 23.7 Å². The molecule has 0 saturated carbocycles. The highest BCUT2D eigenvalue weighted by Crippen LogP contribution is 2.30. The Morgan fingerprint density at radius 3 is 2.52 bits per heavy atom. The number of benzene rings is 1. The molecule has 0 aliphatic heterocycles. The fourth-order valence-corrected chi connectivity index (χ4v) is 2.99. The van der Waals surface area contributed by atoms with Crippen molar-refractivity contribution in [1.29, 1.82) is 0 Å². The number of ether oxygens (including phenoxy) is 2. The molecule has 3 aromatic heterocycles. The van der Waals surface area contributed by atoms with E-state index in [1.54, 1.807) is 13.3 Å². The van der Waals surface area contributed by atoms with Crippen molar-refractivity contribution in [3.8, 4) is 34.4 Å². The van der Waals surface area contributed by atoms with Crippen LogP contribution in [0.3, 0.4) is 0 Å². The summed E-state index contributed by atoms with van der Waals surface area (Å²) in [7, 11) is 3.04. The van der Waals surface area contributed by atoms with E-state index in [1.165, 1.54) is 12.7 Å². The Labute approximate surface area is 168 Å². The molecule has 0 fully saturated rings. The highest BCUT2D eigenvalue weighted by atomic mass is 16.5. The molecule has 0 spiro atoms. The Balaban J connectivity index is 1.68. The van der Waals surface area contributed by atoms with Gasteiger partial charge in [-0.1, -0.05) is 30.3 Å². The van der Waals surface area contributed by atoms with Gasteiger partial charge in [-0.3, -0.25) is 4.68 Å². The summed E-state index contributed by atoms with van der Waals surface area (Å²) in [6.07, 6.45) is 3.57. The maximum absolute atomic E-state index is 5.37. The zero-order valence-corrected chi connectivity index (χ0v) is 16.4. The summed E-state index contributed by atoms with van der Waals surface area (Å²) in [5.74, 6) is 0.371. The van der Waals surface area contributed by atoms with Gasteiger partial charge in [0.25, 0.3) is 0 Å². The van der Waals surface area contributed by atoms with Gasteiger partial charge in [-0.25, -0.2) is 4.98 Å². The smallest absolute Gasteiger partial charge is 0.319 e. The molecule has 0 amide bonds. The van der Waals surface area contributed by atoms with Gasteiger partial charge >= 0.3 is 6.01 Å². The second-order valence-electron chi connectivity index (χ2n) is 6.39. The molecule has 0 atom stereocenters. The molecule has 8 heteroatoms. The van der Waals surface area contributed by atoms with Crippen molar-refractivity contribution in [3.05, 3.63) is 66.1 Å². The summed E-state index contributed by atoms with van der Waals surface area (Å²) in [6, 6.07) is 14.3. The van der Waals surface area contributed by atoms with Crippen LogP contribution in [0.1, 0.15) is 11.3 Å². The molecule has 0 unspecified atom stereocenters. The highest BCUT2D eigenvalue weighted by Gasteiger charge is 2.16. The number of rotatable bonds is 6. The minimum Gasteiger partial charge on any atom is -0.480 e. The van der Waals surface area contributed by atoms with E-state index >= 15 is 0 Å². The van der Waals surface area contributed by atoms with Gasteiger partial charge in [-0.15, -0.1) is 5.10 Å². The predicted octanol–water partition coefficient (Wildman–Crippen LogP) is 3.17. The highest BCUT2D eigenvalue weighted by molar-refractivity contribution is 5.71. The van der Waals surface area contributed by atoms with Gasteiger partial charge in [0.2, 0.25) is 5.88 Å². The second-order valence-corrected chi connectivity index (χ2v) is 6.39. The van der Waals surface area contributed by atoms with Gasteiger partial charge in [0.05, 0.1) is 37.7 Å². The lowest BCUT2D eigenvalue weighted by Gasteiger charge is -2.09. The Kier molecular flexibility index (Phi) is 5.15. The molecule has 0 saturated heterocycles. The van der Waals surface area contributed by atoms with E-state index in [4.69, 9.17) is 14.6 Å². The minimum atomic E-state index is 0.227. The molecule has 4 aromatic rings. The van der Waals surface area contributed by atoms with Crippen molar-refractivity contribution in [2.45, 2.75) is 13.5 Å². The standard InChI is InChI=1S/C21H20N6O2/c1-14-16(18-9-10-27(26-18)13-15-7-5-4-6-8-15)11-19(25-24-14)17-12-22-21(29-3)23-20(17)28-2/h4-12H,13H2,1-3H3. The molecule has 146 valence electrons. The number of aryl methyl sites for hydroxylation is 1. The van der Waals surface area contributed by atoms with Gasteiger partial charge in [0, 0.05) is 18.0 Å². The molecule has 4 rings (SSSR count). The summed E-state index contributed by atoms with van der Waals surface area (Å²) in [5, 5.41) is 13.3. The first kappa shape index (κ1) is 18.5. The first-order valence-corrected chi connectivity index (χ1v) is 9.05. The van der Waals surface area contributed by atoms with Crippen LogP contribution in [-0.4, -0.2) is 44.2 Å². The zero-order valence-electron chi connectivity index (χ0n) is 16.4. The maximum Gasteiger partial charge on any atom is 0.319 e. The van der Waals surface area contributed by atoms with Gasteiger partial charge in [0.15, 0.2) is 0 Å². The number of aromatic nitrogens is 6. The Morgan fingerprint density at radius 2 is 1.76 bits per heavy atom. The molecular formula is C21H20N6O2. The van der Waals surface area contributed by atoms with Crippen molar-refractivity contribution in [2.24, 2.45) is 0 Å². The first-order chi connectivity index (χ1) is 14.2. The van der Waals surface area contributed by atoms with Crippen LogP contribution in [0.2, 0.25) is 0 Å². The molecule has 29 heavy (non-hydrogen) atoms. The molecule has 0 N–H and O–H groups in total. The Morgan fingerprint density at radius 1 is 0.931 bits per heavy atom. The summed E-state index contributed by atoms with van der Waals surface area (Å²) >= 11 is 0. The summed E-state index contributed by atoms with van der Waals surface area (Å²) in [6.45, 7) is 2.61. The van der Waals surface area contributed by atoms with Crippen LogP contribution < -0.4 is 9.47 Å². The lowest BCUT2D eigenvalue weighted by Crippen LogP contribution is -2.02. The van der Waals surface area contributed by atoms with Crippen LogP contribution in [0.5, 0.6) is 11.9 Å². The molecule has 8 nitrogen and oxygen atoms in total. The van der Waals surface area contributed by atoms with E-state index < -0.39 is 0 Å². The third kappa shape index (κ3) is 3.91. The van der Waals surface area contributed by atoms with Crippen LogP contribution in [0.25, 0.3) is 22.5 Å². The van der Waals surface area contributed by atoms with Crippen molar-refractivity contribution in [1.82, 2.24) is 29.9 Å². The largest absolute Gasteiger partial charge is 0.480 e. The SMILES string of the molecule is COc1ncc(-c2cc(-c3ccn(Cc4ccccc4)n3)c(C)nn2)c(OC)n1. The van der Waals surface area contributed by atoms with E-state index in [-0.39, 0.29) is 6.01 Å². The van der Waals surface area contributed by atoms with Crippen LogP contribution in [0.15, 0.2) is 54.9 Å². The van der Waals surface area contributed by atoms with Crippen molar-refractivity contribution in [3.63, 3.8) is 0 Å². The van der Waals surface area contributed by atoms with E-state index in [1.807, 2.05) is 48.1 Å². The predicted molar refractivity (Wildman–Crippen MR) is 108 cm³/mol. The topological polar surface area (TPSA) is 87.8 Å². The average molecular weight is 388 g/mol. The maximum atomic E-state index is 5.37. The van der Waals surface area contributed by atoms with E-state index in [0.717, 1.165) is 17.0 Å². The van der Waals surface area contributed by atoms with E-state index in [9.17, 15) is 0 Å². The van der Waals surface area contributed by atoms with Gasteiger partial charge in [-0.2, -0.15) is 15.2 Å². The van der Waals surface area contributed by atoms with Gasteiger partial charge in [-0.05, 0) is 24.6 Å². The number of hydrogen-bond acceptors (Lipinski definition) is 7. The van der Waals surface area contributed by atoms with Crippen LogP contribution in [-0.2, 0) is 6.54 Å². The number of nitrogens with zero attached hydrogens (tertiary/aromatic N) is 6. The normalized spacial score (nSPS) is 10.7. The fraction of sp³-hybridized carbons (Fsp3) is 0.190. The summed E-state index contributed by atoms with van der Waals surface area (Å²) < 4.78 is 12.3. The van der Waals surface area contributed by atoms with Crippen molar-refractivity contribution in [2.75, 3.05) is 14.2 Å². The van der Waals surface area contributed by atoms with Crippen LogP contribution >= 0.6 is 0 Å². The molecule has 1 aromatic carbocycles. The Bertz CT molecular complexity index is 1130. The Hall–Kier alpha value is -3.81. The number of hydrogen-bond donors (Lipinski definition) is 0. The van der Waals surface area contributed by atoms with Gasteiger partial charge < -0.3 is 9.47 Å². The molecular weight excluding hydrogens is 368 g/mol. The van der Waals surface area contributed by atoms with E-state index in [2.05, 4.69) is 32.3 Å². The first-order valence-electron chi connectivity index (χ1n) is 9.05. The van der Waals surface area contributed by atoms with Crippen molar-refractivity contribution >= 4 is 0 Å². The molecule has 0 aliphatic rings. The zero-order chi connectivity index (χ0) is 20.2. The quantitative estimate of drug-likeness (QED) is 0.501. The third-order valence-electron chi connectivity index (χ3n) is 4.47. The molecule has 3 heterocycles. The molecule has 0 aliphatic carbocycles. The van der Waals surface area contributed by atoms with Crippen molar-refractivity contribution < 1.29 is 9.47 Å². The third-order valence-corrected chi connectivity index (χ3v) is 4.47. The summed E-state index contributed by atoms with van der Waals surface area (Å²) in [5.41, 5.74) is 4.91. The fourth-order valence-electron chi connectivity index (χ4n) is 2.99.